The van der Waals surface area contributed by atoms with Gasteiger partial charge in [-0.3, -0.25) is 9.59 Å². The fraction of sp³-hybridized carbons (Fsp3) is 0.286. The van der Waals surface area contributed by atoms with Crippen molar-refractivity contribution in [2.45, 2.75) is 25.3 Å². The maximum Gasteiger partial charge on any atom is 0.229 e. The summed E-state index contributed by atoms with van der Waals surface area (Å²) in [6.07, 6.45) is 1.56. The van der Waals surface area contributed by atoms with E-state index in [1.54, 1.807) is 18.1 Å². The van der Waals surface area contributed by atoms with Crippen molar-refractivity contribution in [2.24, 2.45) is 5.92 Å². The summed E-state index contributed by atoms with van der Waals surface area (Å²) in [5, 5.41) is 3.05. The standard InChI is InChI=1S/C28H28N2O5/c1-33-22-11-9-21(10-12-22)30-26(31)15-13-23(27(30)19-6-3-2-4-7-19)28(32)29-20-8-14-24-25(18-20)35-17-5-16-34-24/h2-4,6-12,14,18,23,27H,5,13,15-17H2,1H3,(H,29,32)/t23-,27+/m1/s1. The highest BCUT2D eigenvalue weighted by Crippen LogP contribution is 2.41. The molecule has 2 heterocycles. The number of nitrogens with zero attached hydrogens (tertiary/aromatic N) is 1. The lowest BCUT2D eigenvalue weighted by Gasteiger charge is -2.41. The van der Waals surface area contributed by atoms with Gasteiger partial charge in [0.05, 0.1) is 32.3 Å². The summed E-state index contributed by atoms with van der Waals surface area (Å²) in [5.74, 6) is 1.42. The zero-order valence-electron chi connectivity index (χ0n) is 19.6. The summed E-state index contributed by atoms with van der Waals surface area (Å²) in [5.41, 5.74) is 2.28. The van der Waals surface area contributed by atoms with Crippen LogP contribution in [0.3, 0.4) is 0 Å². The molecular formula is C28H28N2O5. The van der Waals surface area contributed by atoms with Gasteiger partial charge in [0.15, 0.2) is 11.5 Å². The zero-order valence-corrected chi connectivity index (χ0v) is 19.6. The molecule has 0 spiro atoms. The molecule has 0 unspecified atom stereocenters. The number of carbonyl (C=O) groups is 2. The first-order valence-electron chi connectivity index (χ1n) is 11.9. The minimum Gasteiger partial charge on any atom is -0.497 e. The Bertz CT molecular complexity index is 1200. The first-order chi connectivity index (χ1) is 17.1. The maximum atomic E-state index is 13.6. The Hall–Kier alpha value is -4.00. The van der Waals surface area contributed by atoms with Gasteiger partial charge in [0.25, 0.3) is 0 Å². The summed E-state index contributed by atoms with van der Waals surface area (Å²) < 4.78 is 16.8. The molecule has 1 N–H and O–H groups in total. The van der Waals surface area contributed by atoms with Crippen LogP contribution in [-0.4, -0.2) is 32.1 Å². The fourth-order valence-corrected chi connectivity index (χ4v) is 4.72. The van der Waals surface area contributed by atoms with Crippen LogP contribution in [0.15, 0.2) is 72.8 Å². The van der Waals surface area contributed by atoms with Crippen molar-refractivity contribution in [1.29, 1.82) is 0 Å². The average molecular weight is 473 g/mol. The number of fused-ring (bicyclic) bond motifs is 1. The number of amides is 2. The van der Waals surface area contributed by atoms with E-state index in [0.717, 1.165) is 17.7 Å². The van der Waals surface area contributed by atoms with Gasteiger partial charge in [-0.1, -0.05) is 30.3 Å². The predicted octanol–water partition coefficient (Wildman–Crippen LogP) is 4.98. The van der Waals surface area contributed by atoms with Gasteiger partial charge in [0, 0.05) is 30.3 Å². The lowest BCUT2D eigenvalue weighted by atomic mass is 9.83. The van der Waals surface area contributed by atoms with Gasteiger partial charge in [0.2, 0.25) is 11.8 Å². The first kappa shape index (κ1) is 22.8. The topological polar surface area (TPSA) is 77.1 Å². The lowest BCUT2D eigenvalue weighted by molar-refractivity contribution is -0.125. The average Bonchev–Trinajstić information content (AvgIpc) is 3.14. The van der Waals surface area contributed by atoms with E-state index in [0.29, 0.717) is 42.6 Å². The van der Waals surface area contributed by atoms with Crippen LogP contribution < -0.4 is 24.4 Å². The number of anilines is 2. The molecule has 2 aliphatic heterocycles. The van der Waals surface area contributed by atoms with E-state index in [-0.39, 0.29) is 18.2 Å². The second kappa shape index (κ2) is 10.1. The summed E-state index contributed by atoms with van der Waals surface area (Å²) in [4.78, 5) is 28.6. The van der Waals surface area contributed by atoms with Crippen molar-refractivity contribution in [3.05, 3.63) is 78.4 Å². The molecule has 3 aromatic rings. The number of nitrogens with one attached hydrogen (secondary N) is 1. The van der Waals surface area contributed by atoms with E-state index in [4.69, 9.17) is 14.2 Å². The van der Waals surface area contributed by atoms with Crippen molar-refractivity contribution < 1.29 is 23.8 Å². The molecule has 7 heteroatoms. The summed E-state index contributed by atoms with van der Waals surface area (Å²) >= 11 is 0. The minimum atomic E-state index is -0.439. The molecular weight excluding hydrogens is 444 g/mol. The second-order valence-corrected chi connectivity index (χ2v) is 8.66. The molecule has 2 atom stereocenters. The van der Waals surface area contributed by atoms with E-state index in [1.807, 2.05) is 66.7 Å². The Kier molecular flexibility index (Phi) is 6.57. The van der Waals surface area contributed by atoms with Crippen LogP contribution in [0.4, 0.5) is 11.4 Å². The smallest absolute Gasteiger partial charge is 0.229 e. The van der Waals surface area contributed by atoms with Gasteiger partial charge in [-0.2, -0.15) is 0 Å². The molecule has 1 saturated heterocycles. The number of hydrogen-bond donors (Lipinski definition) is 1. The molecule has 2 aliphatic rings. The predicted molar refractivity (Wildman–Crippen MR) is 133 cm³/mol. The van der Waals surface area contributed by atoms with Crippen molar-refractivity contribution in [1.82, 2.24) is 0 Å². The first-order valence-corrected chi connectivity index (χ1v) is 11.9. The van der Waals surface area contributed by atoms with Crippen molar-refractivity contribution >= 4 is 23.2 Å². The molecule has 0 aliphatic carbocycles. The van der Waals surface area contributed by atoms with E-state index in [1.165, 1.54) is 0 Å². The monoisotopic (exact) mass is 472 g/mol. The number of methoxy groups -OCH3 is 1. The molecule has 0 aromatic heterocycles. The van der Waals surface area contributed by atoms with E-state index in [2.05, 4.69) is 5.32 Å². The van der Waals surface area contributed by atoms with E-state index >= 15 is 0 Å². The summed E-state index contributed by atoms with van der Waals surface area (Å²) in [7, 11) is 1.60. The molecule has 180 valence electrons. The third kappa shape index (κ3) is 4.80. The zero-order chi connectivity index (χ0) is 24.2. The highest BCUT2D eigenvalue weighted by molar-refractivity contribution is 6.00. The van der Waals surface area contributed by atoms with Crippen LogP contribution in [-0.2, 0) is 9.59 Å². The highest BCUT2D eigenvalue weighted by atomic mass is 16.5. The van der Waals surface area contributed by atoms with Gasteiger partial charge < -0.3 is 24.4 Å². The molecule has 1 fully saturated rings. The number of ether oxygens (including phenoxy) is 3. The lowest BCUT2D eigenvalue weighted by Crippen LogP contribution is -2.46. The van der Waals surface area contributed by atoms with Crippen molar-refractivity contribution in [3.63, 3.8) is 0 Å². The van der Waals surface area contributed by atoms with Gasteiger partial charge >= 0.3 is 0 Å². The van der Waals surface area contributed by atoms with Crippen LogP contribution in [0.1, 0.15) is 30.9 Å². The third-order valence-electron chi connectivity index (χ3n) is 6.44. The molecule has 0 saturated carbocycles. The summed E-state index contributed by atoms with van der Waals surface area (Å²) in [6, 6.07) is 22.1. The van der Waals surface area contributed by atoms with E-state index < -0.39 is 12.0 Å². The maximum absolute atomic E-state index is 13.6. The Morgan fingerprint density at radius 1 is 0.971 bits per heavy atom. The van der Waals surface area contributed by atoms with Crippen LogP contribution in [0.2, 0.25) is 0 Å². The molecule has 7 nitrogen and oxygen atoms in total. The SMILES string of the molecule is COc1ccc(N2C(=O)CC[C@@H](C(=O)Nc3ccc4c(c3)OCCCO4)[C@@H]2c2ccccc2)cc1. The number of carbonyl (C=O) groups excluding carboxylic acids is 2. The largest absolute Gasteiger partial charge is 0.497 e. The molecule has 35 heavy (non-hydrogen) atoms. The fourth-order valence-electron chi connectivity index (χ4n) is 4.72. The van der Waals surface area contributed by atoms with Crippen molar-refractivity contribution in [3.8, 4) is 17.2 Å². The number of benzene rings is 3. The summed E-state index contributed by atoms with van der Waals surface area (Å²) in [6.45, 7) is 1.18. The number of piperidine rings is 1. The second-order valence-electron chi connectivity index (χ2n) is 8.66. The van der Waals surface area contributed by atoms with Crippen LogP contribution in [0, 0.1) is 5.92 Å². The Morgan fingerprint density at radius 2 is 1.71 bits per heavy atom. The quantitative estimate of drug-likeness (QED) is 0.567. The molecule has 2 amide bonds. The minimum absolute atomic E-state index is 0.0105. The highest BCUT2D eigenvalue weighted by Gasteiger charge is 2.41. The van der Waals surface area contributed by atoms with Crippen LogP contribution in [0.5, 0.6) is 17.2 Å². The van der Waals surface area contributed by atoms with Gasteiger partial charge in [-0.05, 0) is 48.4 Å². The molecule has 5 rings (SSSR count). The third-order valence-corrected chi connectivity index (χ3v) is 6.44. The van der Waals surface area contributed by atoms with Gasteiger partial charge in [0.1, 0.15) is 5.75 Å². The molecule has 3 aromatic carbocycles. The van der Waals surface area contributed by atoms with Crippen molar-refractivity contribution in [2.75, 3.05) is 30.5 Å². The number of hydrogen-bond acceptors (Lipinski definition) is 5. The number of rotatable bonds is 5. The molecule has 0 bridgehead atoms. The Morgan fingerprint density at radius 3 is 2.46 bits per heavy atom. The Labute approximate surface area is 204 Å². The van der Waals surface area contributed by atoms with Crippen LogP contribution in [0.25, 0.3) is 0 Å². The Balaban J connectivity index is 1.46. The van der Waals surface area contributed by atoms with Gasteiger partial charge in [-0.25, -0.2) is 0 Å². The molecule has 0 radical (unpaired) electrons. The van der Waals surface area contributed by atoms with E-state index in [9.17, 15) is 9.59 Å². The normalized spacial score (nSPS) is 19.6. The van der Waals surface area contributed by atoms with Crippen LogP contribution >= 0.6 is 0 Å². The van der Waals surface area contributed by atoms with Gasteiger partial charge in [-0.15, -0.1) is 0 Å².